The van der Waals surface area contributed by atoms with Crippen LogP contribution in [0, 0.1) is 12.7 Å². The van der Waals surface area contributed by atoms with Crippen molar-refractivity contribution in [3.63, 3.8) is 0 Å². The van der Waals surface area contributed by atoms with E-state index in [4.69, 9.17) is 16.0 Å². The second-order valence-electron chi connectivity index (χ2n) is 6.51. The van der Waals surface area contributed by atoms with Crippen LogP contribution in [-0.4, -0.2) is 5.91 Å². The number of halogens is 2. The fourth-order valence-corrected chi connectivity index (χ4v) is 2.98. The number of anilines is 1. The average Bonchev–Trinajstić information content (AvgIpc) is 2.72. The highest BCUT2D eigenvalue weighted by atomic mass is 35.5. The molecule has 3 aromatic carbocycles. The van der Waals surface area contributed by atoms with Gasteiger partial charge in [0.25, 0.3) is 5.91 Å². The molecule has 0 fully saturated rings. The molecule has 0 aliphatic rings. The Hall–Kier alpha value is -3.44. The van der Waals surface area contributed by atoms with Crippen LogP contribution in [0.15, 0.2) is 82.2 Å². The molecule has 0 atom stereocenters. The van der Waals surface area contributed by atoms with E-state index in [1.165, 1.54) is 12.1 Å². The Bertz CT molecular complexity index is 1280. The largest absolute Gasteiger partial charge is 0.438 e. The first kappa shape index (κ1) is 18.9. The second-order valence-corrected chi connectivity index (χ2v) is 6.94. The lowest BCUT2D eigenvalue weighted by molar-refractivity contribution is 0.102. The van der Waals surface area contributed by atoms with Gasteiger partial charge in [0.1, 0.15) is 17.0 Å². The summed E-state index contributed by atoms with van der Waals surface area (Å²) in [4.78, 5) is 17.4. The number of aryl methyl sites for hydroxylation is 1. The van der Waals surface area contributed by atoms with Gasteiger partial charge in [0.2, 0.25) is 5.55 Å². The Balaban J connectivity index is 1.86. The summed E-state index contributed by atoms with van der Waals surface area (Å²) < 4.78 is 19.6. The number of hydrogen-bond donors (Lipinski definition) is 1. The van der Waals surface area contributed by atoms with E-state index in [-0.39, 0.29) is 11.1 Å². The number of fused-ring (bicyclic) bond motifs is 1. The number of para-hydroxylation sites is 1. The van der Waals surface area contributed by atoms with E-state index in [0.29, 0.717) is 22.0 Å². The summed E-state index contributed by atoms with van der Waals surface area (Å²) in [6, 6.07) is 20.1. The number of nitrogens with zero attached hydrogens (tertiary/aromatic N) is 1. The van der Waals surface area contributed by atoms with Gasteiger partial charge in [-0.25, -0.2) is 9.38 Å². The van der Waals surface area contributed by atoms with E-state index in [2.05, 4.69) is 10.3 Å². The molecule has 144 valence electrons. The van der Waals surface area contributed by atoms with Gasteiger partial charge >= 0.3 is 0 Å². The SMILES string of the molecule is Cc1ccc(F)cc1N=c1oc2ccccc2cc1C(=O)Nc1ccc(Cl)cc1. The molecule has 4 nitrogen and oxygen atoms in total. The lowest BCUT2D eigenvalue weighted by Gasteiger charge is -2.07. The first-order valence-electron chi connectivity index (χ1n) is 8.90. The number of amides is 1. The zero-order valence-electron chi connectivity index (χ0n) is 15.4. The smallest absolute Gasteiger partial charge is 0.261 e. The summed E-state index contributed by atoms with van der Waals surface area (Å²) in [6.45, 7) is 1.81. The molecule has 1 heterocycles. The Kier molecular flexibility index (Phi) is 5.14. The Morgan fingerprint density at radius 2 is 1.79 bits per heavy atom. The van der Waals surface area contributed by atoms with Gasteiger partial charge in [0.05, 0.1) is 5.69 Å². The van der Waals surface area contributed by atoms with Crippen molar-refractivity contribution in [1.82, 2.24) is 0 Å². The van der Waals surface area contributed by atoms with Crippen LogP contribution in [0.25, 0.3) is 11.0 Å². The molecule has 0 spiro atoms. The highest BCUT2D eigenvalue weighted by Gasteiger charge is 2.14. The molecule has 0 aliphatic heterocycles. The van der Waals surface area contributed by atoms with Gasteiger partial charge in [-0.05, 0) is 61.0 Å². The van der Waals surface area contributed by atoms with Gasteiger partial charge in [-0.2, -0.15) is 0 Å². The van der Waals surface area contributed by atoms with Gasteiger partial charge in [-0.15, -0.1) is 0 Å². The second kappa shape index (κ2) is 7.89. The monoisotopic (exact) mass is 406 g/mol. The minimum atomic E-state index is -0.415. The van der Waals surface area contributed by atoms with Crippen LogP contribution < -0.4 is 10.9 Å². The summed E-state index contributed by atoms with van der Waals surface area (Å²) in [5, 5.41) is 4.13. The van der Waals surface area contributed by atoms with Crippen molar-refractivity contribution in [2.45, 2.75) is 6.92 Å². The van der Waals surface area contributed by atoms with Crippen LogP contribution in [0.4, 0.5) is 15.8 Å². The Morgan fingerprint density at radius 3 is 2.59 bits per heavy atom. The van der Waals surface area contributed by atoms with Crippen LogP contribution in [0.3, 0.4) is 0 Å². The molecule has 6 heteroatoms. The van der Waals surface area contributed by atoms with Crippen molar-refractivity contribution in [3.8, 4) is 0 Å². The molecule has 0 saturated heterocycles. The lowest BCUT2D eigenvalue weighted by atomic mass is 10.1. The van der Waals surface area contributed by atoms with Gasteiger partial charge in [0, 0.05) is 16.1 Å². The summed E-state index contributed by atoms with van der Waals surface area (Å²) in [5.41, 5.74) is 2.65. The minimum absolute atomic E-state index is 0.101. The topological polar surface area (TPSA) is 54.6 Å². The minimum Gasteiger partial charge on any atom is -0.438 e. The van der Waals surface area contributed by atoms with Crippen molar-refractivity contribution in [2.75, 3.05) is 5.32 Å². The summed E-state index contributed by atoms with van der Waals surface area (Å²) in [6.07, 6.45) is 0. The molecule has 0 radical (unpaired) electrons. The van der Waals surface area contributed by atoms with E-state index in [1.807, 2.05) is 25.1 Å². The maximum absolute atomic E-state index is 13.7. The maximum Gasteiger partial charge on any atom is 0.261 e. The van der Waals surface area contributed by atoms with Gasteiger partial charge in [-0.1, -0.05) is 35.9 Å². The summed E-state index contributed by atoms with van der Waals surface area (Å²) in [7, 11) is 0. The quantitative estimate of drug-likeness (QED) is 0.452. The zero-order chi connectivity index (χ0) is 20.4. The van der Waals surface area contributed by atoms with E-state index >= 15 is 0 Å². The molecule has 29 heavy (non-hydrogen) atoms. The van der Waals surface area contributed by atoms with Crippen LogP contribution in [0.2, 0.25) is 5.02 Å². The maximum atomic E-state index is 13.7. The number of benzene rings is 3. The lowest BCUT2D eigenvalue weighted by Crippen LogP contribution is -2.21. The predicted molar refractivity (Wildman–Crippen MR) is 112 cm³/mol. The third-order valence-corrected chi connectivity index (χ3v) is 4.65. The van der Waals surface area contributed by atoms with E-state index in [1.54, 1.807) is 42.5 Å². The molecule has 1 aromatic heterocycles. The first-order chi connectivity index (χ1) is 14.0. The fourth-order valence-electron chi connectivity index (χ4n) is 2.86. The third-order valence-electron chi connectivity index (χ3n) is 4.40. The number of rotatable bonds is 3. The van der Waals surface area contributed by atoms with Crippen LogP contribution in [0.5, 0.6) is 0 Å². The van der Waals surface area contributed by atoms with Crippen molar-refractivity contribution in [3.05, 3.63) is 100 Å². The van der Waals surface area contributed by atoms with Crippen LogP contribution >= 0.6 is 11.6 Å². The van der Waals surface area contributed by atoms with E-state index in [0.717, 1.165) is 10.9 Å². The van der Waals surface area contributed by atoms with Crippen LogP contribution in [0.1, 0.15) is 15.9 Å². The van der Waals surface area contributed by atoms with Crippen molar-refractivity contribution >= 4 is 39.9 Å². The van der Waals surface area contributed by atoms with Gasteiger partial charge < -0.3 is 9.73 Å². The average molecular weight is 407 g/mol. The fraction of sp³-hybridized carbons (Fsp3) is 0.0435. The normalized spacial score (nSPS) is 11.6. The molecule has 4 rings (SSSR count). The molecule has 1 amide bonds. The Morgan fingerprint density at radius 1 is 1.03 bits per heavy atom. The molecule has 0 aliphatic carbocycles. The molecular weight excluding hydrogens is 391 g/mol. The third kappa shape index (κ3) is 4.20. The van der Waals surface area contributed by atoms with Crippen LogP contribution in [-0.2, 0) is 0 Å². The van der Waals surface area contributed by atoms with Crippen molar-refractivity contribution in [1.29, 1.82) is 0 Å². The van der Waals surface area contributed by atoms with Crippen molar-refractivity contribution in [2.24, 2.45) is 4.99 Å². The zero-order valence-corrected chi connectivity index (χ0v) is 16.2. The number of nitrogens with one attached hydrogen (secondary N) is 1. The number of carbonyl (C=O) groups is 1. The molecule has 1 N–H and O–H groups in total. The number of carbonyl (C=O) groups excluding carboxylic acids is 1. The van der Waals surface area contributed by atoms with Gasteiger partial charge in [-0.3, -0.25) is 4.79 Å². The highest BCUT2D eigenvalue weighted by molar-refractivity contribution is 6.30. The predicted octanol–water partition coefficient (Wildman–Crippen LogP) is 6.02. The molecule has 0 saturated carbocycles. The Labute approximate surface area is 171 Å². The van der Waals surface area contributed by atoms with E-state index in [9.17, 15) is 9.18 Å². The first-order valence-corrected chi connectivity index (χ1v) is 9.28. The highest BCUT2D eigenvalue weighted by Crippen LogP contribution is 2.21. The number of hydrogen-bond acceptors (Lipinski definition) is 3. The summed E-state index contributed by atoms with van der Waals surface area (Å²) >= 11 is 5.90. The standard InChI is InChI=1S/C23H16ClFN2O2/c1-14-6-9-17(25)13-20(14)27-23-19(12-15-4-2-3-5-21(15)29-23)22(28)26-18-10-7-16(24)8-11-18/h2-13H,1H3,(H,26,28). The van der Waals surface area contributed by atoms with E-state index < -0.39 is 11.7 Å². The molecular formula is C23H16ClFN2O2. The van der Waals surface area contributed by atoms with Crippen molar-refractivity contribution < 1.29 is 13.6 Å². The molecule has 0 unspecified atom stereocenters. The molecule has 4 aromatic rings. The summed E-state index contributed by atoms with van der Waals surface area (Å²) in [5.74, 6) is -0.808. The molecule has 0 bridgehead atoms. The van der Waals surface area contributed by atoms with Gasteiger partial charge in [0.15, 0.2) is 0 Å².